The fourth-order valence-electron chi connectivity index (χ4n) is 4.83. The molecule has 2 aliphatic heterocycles. The van der Waals surface area contributed by atoms with E-state index in [9.17, 15) is 9.18 Å². The topological polar surface area (TPSA) is 96.2 Å². The maximum Gasteiger partial charge on any atom is 0.323 e. The zero-order valence-electron chi connectivity index (χ0n) is 17.3. The van der Waals surface area contributed by atoms with E-state index < -0.39 is 0 Å². The number of carbonyl (C=O) groups is 1. The zero-order valence-corrected chi connectivity index (χ0v) is 17.3. The third-order valence-electron chi connectivity index (χ3n) is 6.21. The molecule has 0 spiro atoms. The van der Waals surface area contributed by atoms with Crippen LogP contribution in [0, 0.1) is 6.92 Å². The van der Waals surface area contributed by atoms with Crippen LogP contribution in [0.1, 0.15) is 31.6 Å². The molecule has 0 radical (unpaired) electrons. The molecule has 0 aromatic carbocycles. The van der Waals surface area contributed by atoms with Crippen LogP contribution in [0.15, 0.2) is 35.1 Å². The number of urea groups is 1. The largest absolute Gasteiger partial charge is 0.439 e. The van der Waals surface area contributed by atoms with Crippen molar-refractivity contribution in [1.82, 2.24) is 25.2 Å². The number of fused-ring (bicyclic) bond motifs is 3. The van der Waals surface area contributed by atoms with Gasteiger partial charge in [0.05, 0.1) is 6.20 Å². The van der Waals surface area contributed by atoms with Crippen LogP contribution in [0.4, 0.5) is 15.0 Å². The molecule has 9 heteroatoms. The summed E-state index contributed by atoms with van der Waals surface area (Å²) in [5.41, 5.74) is 0.678. The van der Waals surface area contributed by atoms with Crippen LogP contribution < -0.4 is 10.6 Å². The lowest BCUT2D eigenvalue weighted by molar-refractivity contribution is 0.141. The van der Waals surface area contributed by atoms with Gasteiger partial charge in [0.25, 0.3) is 0 Å². The predicted octanol–water partition coefficient (Wildman–Crippen LogP) is 3.68. The minimum Gasteiger partial charge on any atom is -0.439 e. The number of nitrogens with zero attached hydrogens (tertiary/aromatic N) is 4. The minimum absolute atomic E-state index is 0.122. The summed E-state index contributed by atoms with van der Waals surface area (Å²) < 4.78 is 18.0. The number of anilines is 1. The molecule has 1 unspecified atom stereocenters. The summed E-state index contributed by atoms with van der Waals surface area (Å²) in [5.74, 6) is 1.68. The lowest BCUT2D eigenvalue weighted by Crippen LogP contribution is -2.53. The normalized spacial score (nSPS) is 22.8. The summed E-state index contributed by atoms with van der Waals surface area (Å²) in [6, 6.07) is 4.27. The Morgan fingerprint density at radius 3 is 2.61 bits per heavy atom. The monoisotopic (exact) mass is 424 g/mol. The quantitative estimate of drug-likeness (QED) is 0.649. The van der Waals surface area contributed by atoms with Gasteiger partial charge in [-0.3, -0.25) is 10.3 Å². The number of hydrogen-bond donors (Lipinski definition) is 2. The number of pyridine rings is 2. The van der Waals surface area contributed by atoms with E-state index in [2.05, 4.69) is 25.6 Å². The smallest absolute Gasteiger partial charge is 0.323 e. The second-order valence-electron chi connectivity index (χ2n) is 8.26. The molecule has 3 atom stereocenters. The van der Waals surface area contributed by atoms with Gasteiger partial charge in [-0.15, -0.1) is 0 Å². The van der Waals surface area contributed by atoms with E-state index in [1.165, 1.54) is 0 Å². The molecule has 5 rings (SSSR count). The van der Waals surface area contributed by atoms with Crippen molar-refractivity contribution in [2.45, 2.75) is 50.7 Å². The Labute approximate surface area is 179 Å². The molecule has 0 aliphatic carbocycles. The summed E-state index contributed by atoms with van der Waals surface area (Å²) >= 11 is 0. The highest BCUT2D eigenvalue weighted by Crippen LogP contribution is 2.36. The maximum absolute atomic E-state index is 13.0. The Hall–Kier alpha value is -3.07. The maximum atomic E-state index is 13.0. The van der Waals surface area contributed by atoms with Crippen molar-refractivity contribution in [3.05, 3.63) is 36.6 Å². The number of oxazole rings is 1. The molecule has 2 aliphatic rings. The van der Waals surface area contributed by atoms with Crippen LogP contribution in [0.3, 0.4) is 0 Å². The predicted molar refractivity (Wildman–Crippen MR) is 114 cm³/mol. The van der Waals surface area contributed by atoms with Gasteiger partial charge in [0.2, 0.25) is 0 Å². The van der Waals surface area contributed by atoms with E-state index in [1.807, 2.05) is 17.0 Å². The molecule has 0 saturated carbocycles. The van der Waals surface area contributed by atoms with Crippen molar-refractivity contribution in [1.29, 1.82) is 0 Å². The van der Waals surface area contributed by atoms with Crippen LogP contribution in [-0.4, -0.2) is 57.2 Å². The summed E-state index contributed by atoms with van der Waals surface area (Å²) in [5, 5.41) is 8.00. The molecular formula is C22H25FN6O2. The van der Waals surface area contributed by atoms with Crippen LogP contribution in [0.25, 0.3) is 22.2 Å². The number of aryl methyl sites for hydroxylation is 1. The van der Waals surface area contributed by atoms with E-state index in [1.54, 1.807) is 25.5 Å². The fraction of sp³-hybridized carbons (Fsp3) is 0.455. The van der Waals surface area contributed by atoms with Crippen LogP contribution in [0.5, 0.6) is 0 Å². The van der Waals surface area contributed by atoms with Crippen molar-refractivity contribution in [2.75, 3.05) is 18.5 Å². The van der Waals surface area contributed by atoms with Gasteiger partial charge in [0.1, 0.15) is 18.2 Å². The highest BCUT2D eigenvalue weighted by molar-refractivity contribution is 5.92. The number of piperidine rings is 1. The van der Waals surface area contributed by atoms with Crippen molar-refractivity contribution >= 4 is 22.6 Å². The number of carbonyl (C=O) groups excluding carboxylic acids is 1. The second-order valence-corrected chi connectivity index (χ2v) is 8.26. The number of aromatic nitrogens is 3. The Morgan fingerprint density at radius 2 is 1.90 bits per heavy atom. The molecule has 31 heavy (non-hydrogen) atoms. The lowest BCUT2D eigenvalue weighted by Gasteiger charge is -2.39. The van der Waals surface area contributed by atoms with Gasteiger partial charge < -0.3 is 14.6 Å². The van der Waals surface area contributed by atoms with Gasteiger partial charge in [-0.25, -0.2) is 19.2 Å². The van der Waals surface area contributed by atoms with E-state index in [-0.39, 0.29) is 30.8 Å². The summed E-state index contributed by atoms with van der Waals surface area (Å²) in [6.45, 7) is 1.80. The number of rotatable bonds is 5. The minimum atomic E-state index is -0.364. The first-order valence-electron chi connectivity index (χ1n) is 10.7. The van der Waals surface area contributed by atoms with E-state index >= 15 is 0 Å². The fourth-order valence-corrected chi connectivity index (χ4v) is 4.83. The highest BCUT2D eigenvalue weighted by Gasteiger charge is 2.43. The van der Waals surface area contributed by atoms with Gasteiger partial charge in [-0.2, -0.15) is 0 Å². The molecule has 2 bridgehead atoms. The molecule has 8 nitrogen and oxygen atoms in total. The summed E-state index contributed by atoms with van der Waals surface area (Å²) in [4.78, 5) is 27.9. The van der Waals surface area contributed by atoms with Gasteiger partial charge in [0.15, 0.2) is 11.7 Å². The van der Waals surface area contributed by atoms with E-state index in [0.29, 0.717) is 29.7 Å². The van der Waals surface area contributed by atoms with Crippen molar-refractivity contribution in [2.24, 2.45) is 0 Å². The standard InChI is InChI=1S/C22H25FN6O2/c1-13-25-12-20(31-13)19-6-14-7-21(27-11-15(14)10-26-19)28-22(30)29-17-2-3-18(29)9-16(8-17)24-5-4-23/h6-7,10-12,16-18,24H,2-5,8-9H2,1H3,(H,27,28,30)/t16-,17+,18?/m1/s1. The van der Waals surface area contributed by atoms with Crippen molar-refractivity contribution in [3.8, 4) is 11.5 Å². The summed E-state index contributed by atoms with van der Waals surface area (Å²) in [6.07, 6.45) is 8.79. The van der Waals surface area contributed by atoms with E-state index in [0.717, 1.165) is 36.5 Å². The first kappa shape index (κ1) is 19.9. The number of alkyl halides is 1. The number of hydrogen-bond acceptors (Lipinski definition) is 6. The SMILES string of the molecule is Cc1ncc(-c2cc3cc(NC(=O)N4C5CC[C@H]4C[C@@H](NCCF)C5)ncc3cn2)o1. The Bertz CT molecular complexity index is 1090. The van der Waals surface area contributed by atoms with Gasteiger partial charge >= 0.3 is 6.03 Å². The van der Waals surface area contributed by atoms with Gasteiger partial charge in [-0.05, 0) is 43.2 Å². The molecule has 2 amide bonds. The molecule has 5 heterocycles. The number of nitrogens with one attached hydrogen (secondary N) is 2. The Balaban J connectivity index is 1.31. The average Bonchev–Trinajstić information content (AvgIpc) is 3.32. The van der Waals surface area contributed by atoms with Crippen molar-refractivity contribution < 1.29 is 13.6 Å². The van der Waals surface area contributed by atoms with Crippen LogP contribution in [-0.2, 0) is 0 Å². The van der Waals surface area contributed by atoms with Gasteiger partial charge in [0, 0.05) is 49.4 Å². The number of halogens is 1. The molecule has 3 aromatic rings. The Kier molecular flexibility index (Phi) is 5.27. The highest BCUT2D eigenvalue weighted by atomic mass is 19.1. The lowest BCUT2D eigenvalue weighted by atomic mass is 9.97. The van der Waals surface area contributed by atoms with E-state index in [4.69, 9.17) is 4.42 Å². The van der Waals surface area contributed by atoms with Crippen molar-refractivity contribution in [3.63, 3.8) is 0 Å². The molecule has 2 N–H and O–H groups in total. The molecule has 2 fully saturated rings. The first-order chi connectivity index (χ1) is 15.1. The molecule has 162 valence electrons. The molecule has 3 aromatic heterocycles. The van der Waals surface area contributed by atoms with Crippen LogP contribution in [0.2, 0.25) is 0 Å². The Morgan fingerprint density at radius 1 is 1.13 bits per heavy atom. The third kappa shape index (κ3) is 3.97. The first-order valence-corrected chi connectivity index (χ1v) is 10.7. The second kappa shape index (κ2) is 8.22. The molecular weight excluding hydrogens is 399 g/mol. The molecule has 2 saturated heterocycles. The summed E-state index contributed by atoms with van der Waals surface area (Å²) in [7, 11) is 0. The van der Waals surface area contributed by atoms with Gasteiger partial charge in [-0.1, -0.05) is 0 Å². The zero-order chi connectivity index (χ0) is 21.4. The number of amides is 2. The average molecular weight is 424 g/mol. The van der Waals surface area contributed by atoms with Crippen LogP contribution >= 0.6 is 0 Å². The third-order valence-corrected chi connectivity index (χ3v) is 6.21.